The SMILES string of the molecule is CC(C)(C)c1cc2c3c(c1)N(c1c(-c4ccccc4)cccc1-c1ccccc1)c1cc(-c4c5ccccc5cc5ccccc45)ccc1B3c1cc(-c3ccccc3)ccc1N2c1c(-c2ccccc2)cccc1-c1ccccc1. The molecule has 0 N–H and O–H groups in total. The fourth-order valence-electron chi connectivity index (χ4n) is 13.2. The summed E-state index contributed by atoms with van der Waals surface area (Å²) in [5.74, 6) is 0. The number of rotatable bonds is 8. The monoisotopic (exact) mass is 1030 g/mol. The molecule has 13 aromatic rings. The molecule has 13 aromatic carbocycles. The number of para-hydroxylation sites is 2. The summed E-state index contributed by atoms with van der Waals surface area (Å²) in [6, 6.07) is 109. The predicted octanol–water partition coefficient (Wildman–Crippen LogP) is 19.4. The van der Waals surface area contributed by atoms with Crippen molar-refractivity contribution < 1.29 is 0 Å². The van der Waals surface area contributed by atoms with Crippen molar-refractivity contribution in [3.63, 3.8) is 0 Å². The van der Waals surface area contributed by atoms with Crippen LogP contribution < -0.4 is 26.2 Å². The highest BCUT2D eigenvalue weighted by molar-refractivity contribution is 7.00. The van der Waals surface area contributed by atoms with Crippen LogP contribution >= 0.6 is 0 Å². The van der Waals surface area contributed by atoms with E-state index in [2.05, 4.69) is 322 Å². The number of hydrogen-bond donors (Lipinski definition) is 0. The Morgan fingerprint density at radius 3 is 1.15 bits per heavy atom. The van der Waals surface area contributed by atoms with E-state index >= 15 is 0 Å². The van der Waals surface area contributed by atoms with Crippen molar-refractivity contribution in [2.45, 2.75) is 26.2 Å². The lowest BCUT2D eigenvalue weighted by atomic mass is 9.33. The highest BCUT2D eigenvalue weighted by Gasteiger charge is 2.46. The molecule has 2 aliphatic heterocycles. The first-order chi connectivity index (χ1) is 39.9. The number of benzene rings is 13. The molecule has 0 saturated heterocycles. The van der Waals surface area contributed by atoms with Gasteiger partial charge in [-0.05, 0) is 124 Å². The molecule has 0 unspecified atom stereocenters. The van der Waals surface area contributed by atoms with Crippen molar-refractivity contribution in [3.8, 4) is 66.8 Å². The van der Waals surface area contributed by atoms with Gasteiger partial charge in [0.15, 0.2) is 0 Å². The van der Waals surface area contributed by atoms with E-state index in [1.807, 2.05) is 0 Å². The van der Waals surface area contributed by atoms with Crippen LogP contribution in [0.1, 0.15) is 26.3 Å². The zero-order valence-corrected chi connectivity index (χ0v) is 45.7. The molecule has 0 radical (unpaired) electrons. The van der Waals surface area contributed by atoms with Crippen LogP contribution in [0.4, 0.5) is 34.1 Å². The van der Waals surface area contributed by atoms with Crippen molar-refractivity contribution in [1.29, 1.82) is 0 Å². The van der Waals surface area contributed by atoms with Crippen molar-refractivity contribution in [3.05, 3.63) is 297 Å². The van der Waals surface area contributed by atoms with Gasteiger partial charge in [0, 0.05) is 45.0 Å². The van der Waals surface area contributed by atoms with Gasteiger partial charge < -0.3 is 9.80 Å². The lowest BCUT2D eigenvalue weighted by molar-refractivity contribution is 0.590. The minimum absolute atomic E-state index is 0.156. The molecule has 0 aliphatic carbocycles. The van der Waals surface area contributed by atoms with Crippen molar-refractivity contribution >= 4 is 78.8 Å². The lowest BCUT2D eigenvalue weighted by Crippen LogP contribution is -2.61. The van der Waals surface area contributed by atoms with Gasteiger partial charge in [-0.25, -0.2) is 0 Å². The van der Waals surface area contributed by atoms with E-state index in [0.29, 0.717) is 0 Å². The third-order valence-corrected chi connectivity index (χ3v) is 17.0. The molecule has 2 heterocycles. The van der Waals surface area contributed by atoms with Crippen LogP contribution in [0.15, 0.2) is 291 Å². The molecular formula is C78H57BN2. The van der Waals surface area contributed by atoms with E-state index in [0.717, 1.165) is 33.6 Å². The van der Waals surface area contributed by atoms with Gasteiger partial charge in [0.05, 0.1) is 11.4 Å². The molecule has 15 rings (SSSR count). The minimum atomic E-state index is -0.248. The maximum absolute atomic E-state index is 2.69. The van der Waals surface area contributed by atoms with E-state index in [4.69, 9.17) is 0 Å². The number of fused-ring (bicyclic) bond motifs is 6. The van der Waals surface area contributed by atoms with E-state index in [-0.39, 0.29) is 12.1 Å². The number of anilines is 6. The van der Waals surface area contributed by atoms with E-state index in [1.165, 1.54) is 111 Å². The molecule has 0 saturated carbocycles. The van der Waals surface area contributed by atoms with Gasteiger partial charge in [-0.2, -0.15) is 0 Å². The summed E-state index contributed by atoms with van der Waals surface area (Å²) in [4.78, 5) is 5.34. The minimum Gasteiger partial charge on any atom is -0.310 e. The van der Waals surface area contributed by atoms with Crippen LogP contribution in [0.2, 0.25) is 0 Å². The second kappa shape index (κ2) is 19.4. The average Bonchev–Trinajstić information content (AvgIpc) is 2.56. The van der Waals surface area contributed by atoms with E-state index in [1.54, 1.807) is 0 Å². The Morgan fingerprint density at radius 2 is 0.691 bits per heavy atom. The first-order valence-electron chi connectivity index (χ1n) is 28.4. The Labute approximate surface area is 475 Å². The number of nitrogens with zero attached hydrogens (tertiary/aromatic N) is 2. The molecule has 0 spiro atoms. The molecule has 81 heavy (non-hydrogen) atoms. The van der Waals surface area contributed by atoms with Crippen molar-refractivity contribution in [2.75, 3.05) is 9.80 Å². The Morgan fingerprint density at radius 1 is 0.284 bits per heavy atom. The Kier molecular flexibility index (Phi) is 11.6. The smallest absolute Gasteiger partial charge is 0.252 e. The summed E-state index contributed by atoms with van der Waals surface area (Å²) in [6.45, 7) is 6.96. The van der Waals surface area contributed by atoms with Gasteiger partial charge in [-0.3, -0.25) is 0 Å². The highest BCUT2D eigenvalue weighted by Crippen LogP contribution is 2.54. The van der Waals surface area contributed by atoms with Gasteiger partial charge in [0.1, 0.15) is 0 Å². The first kappa shape index (κ1) is 48.2. The Bertz CT molecular complexity index is 4380. The van der Waals surface area contributed by atoms with E-state index in [9.17, 15) is 0 Å². The van der Waals surface area contributed by atoms with E-state index < -0.39 is 0 Å². The van der Waals surface area contributed by atoms with Gasteiger partial charge in [-0.1, -0.05) is 282 Å². The molecule has 2 nitrogen and oxygen atoms in total. The van der Waals surface area contributed by atoms with Crippen LogP contribution in [-0.2, 0) is 5.41 Å². The molecule has 0 aromatic heterocycles. The molecule has 3 heteroatoms. The molecule has 2 aliphatic rings. The first-order valence-corrected chi connectivity index (χ1v) is 28.4. The van der Waals surface area contributed by atoms with Crippen LogP contribution in [0.3, 0.4) is 0 Å². The number of hydrogen-bond acceptors (Lipinski definition) is 2. The quantitative estimate of drug-likeness (QED) is 0.111. The van der Waals surface area contributed by atoms with Gasteiger partial charge >= 0.3 is 0 Å². The molecule has 0 bridgehead atoms. The highest BCUT2D eigenvalue weighted by atomic mass is 15.2. The van der Waals surface area contributed by atoms with Crippen LogP contribution in [0.25, 0.3) is 88.3 Å². The summed E-state index contributed by atoms with van der Waals surface area (Å²) in [6.07, 6.45) is 0. The average molecular weight is 1030 g/mol. The predicted molar refractivity (Wildman–Crippen MR) is 347 cm³/mol. The Hall–Kier alpha value is -9.96. The van der Waals surface area contributed by atoms with Gasteiger partial charge in [-0.15, -0.1) is 0 Å². The third kappa shape index (κ3) is 8.10. The maximum Gasteiger partial charge on any atom is 0.252 e. The molecule has 0 amide bonds. The fourth-order valence-corrected chi connectivity index (χ4v) is 13.2. The summed E-state index contributed by atoms with van der Waals surface area (Å²) in [7, 11) is 0. The molecular weight excluding hydrogens is 976 g/mol. The molecule has 0 fully saturated rings. The van der Waals surface area contributed by atoms with Crippen molar-refractivity contribution in [2.24, 2.45) is 0 Å². The summed E-state index contributed by atoms with van der Waals surface area (Å²) in [5, 5.41) is 4.94. The molecule has 382 valence electrons. The summed E-state index contributed by atoms with van der Waals surface area (Å²) in [5.41, 5.74) is 25.9. The fraction of sp³-hybridized carbons (Fsp3) is 0.0513. The lowest BCUT2D eigenvalue weighted by Gasteiger charge is -2.46. The Balaban J connectivity index is 1.13. The third-order valence-electron chi connectivity index (χ3n) is 17.0. The van der Waals surface area contributed by atoms with Crippen molar-refractivity contribution in [1.82, 2.24) is 0 Å². The summed E-state index contributed by atoms with van der Waals surface area (Å²) < 4.78 is 0. The van der Waals surface area contributed by atoms with Crippen LogP contribution in [0, 0.1) is 0 Å². The van der Waals surface area contributed by atoms with Gasteiger partial charge in [0.2, 0.25) is 0 Å². The zero-order valence-electron chi connectivity index (χ0n) is 45.7. The standard InChI is InChI=1S/C78H57BN2/c1-78(2,3)61-50-72-75-73(51-61)81(77-66(55-31-15-7-16-32-55)41-24-42-67(77)56-33-17-8-18-34-56)71-49-60(74-62-37-21-19-35-58(62)47-59-36-20-22-38-63(59)74)43-45-68(71)79(75)69-48-57(52-25-9-4-10-26-52)44-46-70(69)80(72)76-64(53-27-11-5-12-28-53)39-23-40-65(76)54-29-13-6-14-30-54/h4-51H,1-3H3. The van der Waals surface area contributed by atoms with Crippen LogP contribution in [-0.4, -0.2) is 6.71 Å². The van der Waals surface area contributed by atoms with Crippen LogP contribution in [0.5, 0.6) is 0 Å². The zero-order chi connectivity index (χ0) is 54.2. The molecule has 0 atom stereocenters. The largest absolute Gasteiger partial charge is 0.310 e. The summed E-state index contributed by atoms with van der Waals surface area (Å²) >= 11 is 0. The second-order valence-corrected chi connectivity index (χ2v) is 22.8. The maximum atomic E-state index is 2.69. The second-order valence-electron chi connectivity index (χ2n) is 22.8. The normalized spacial score (nSPS) is 12.6. The topological polar surface area (TPSA) is 6.48 Å². The van der Waals surface area contributed by atoms with Gasteiger partial charge in [0.25, 0.3) is 6.71 Å².